The maximum Gasteiger partial charge on any atom is 0.387 e. The summed E-state index contributed by atoms with van der Waals surface area (Å²) in [6.07, 6.45) is 2.90. The van der Waals surface area contributed by atoms with Crippen LogP contribution in [0.3, 0.4) is 0 Å². The normalized spacial score (nSPS) is 19.7. The zero-order chi connectivity index (χ0) is 18.4. The van der Waals surface area contributed by atoms with E-state index in [1.807, 2.05) is 24.1 Å². The number of rotatable bonds is 7. The number of aliphatic carboxylic acids is 1. The van der Waals surface area contributed by atoms with Crippen LogP contribution in [0.5, 0.6) is 5.75 Å². The van der Waals surface area contributed by atoms with Crippen LogP contribution >= 0.6 is 12.4 Å². The number of halogens is 3. The highest BCUT2D eigenvalue weighted by atomic mass is 35.5. The van der Waals surface area contributed by atoms with E-state index < -0.39 is 12.6 Å². The predicted molar refractivity (Wildman–Crippen MR) is 98.2 cm³/mol. The molecule has 1 N–H and O–H groups in total. The third kappa shape index (κ3) is 6.70. The molecule has 5 nitrogen and oxygen atoms in total. The lowest BCUT2D eigenvalue weighted by atomic mass is 10.1. The van der Waals surface area contributed by atoms with Crippen molar-refractivity contribution in [3.8, 4) is 5.75 Å². The number of benzene rings is 1. The summed E-state index contributed by atoms with van der Waals surface area (Å²) < 4.78 is 28.8. The van der Waals surface area contributed by atoms with Crippen molar-refractivity contribution in [1.82, 2.24) is 9.80 Å². The molecule has 1 aromatic rings. The zero-order valence-corrected chi connectivity index (χ0v) is 15.9. The first-order valence-electron chi connectivity index (χ1n) is 8.57. The summed E-state index contributed by atoms with van der Waals surface area (Å²) in [5.41, 5.74) is 1.05. The zero-order valence-electron chi connectivity index (χ0n) is 15.1. The van der Waals surface area contributed by atoms with Crippen molar-refractivity contribution in [2.24, 2.45) is 0 Å². The summed E-state index contributed by atoms with van der Waals surface area (Å²) in [5.74, 6) is -0.639. The van der Waals surface area contributed by atoms with Crippen LogP contribution in [0, 0.1) is 0 Å². The number of carbonyl (C=O) groups is 1. The number of carboxylic acid groups (broad SMARTS) is 1. The Kier molecular flexibility index (Phi) is 9.25. The van der Waals surface area contributed by atoms with Crippen molar-refractivity contribution in [3.63, 3.8) is 0 Å². The minimum Gasteiger partial charge on any atom is -0.480 e. The molecule has 2 atom stereocenters. The SMILES string of the molecule is CC(c1ccc(OC(F)F)cc1)N1CCCC(N(C)CC(=O)O)CC1.Cl. The Morgan fingerprint density at radius 2 is 1.96 bits per heavy atom. The first kappa shape index (κ1) is 22.6. The second-order valence-corrected chi connectivity index (χ2v) is 6.55. The maximum atomic E-state index is 12.2. The second kappa shape index (κ2) is 10.6. The van der Waals surface area contributed by atoms with Gasteiger partial charge in [0.05, 0.1) is 6.54 Å². The number of nitrogens with zero attached hydrogens (tertiary/aromatic N) is 2. The number of hydrogen-bond donors (Lipinski definition) is 1. The van der Waals surface area contributed by atoms with Gasteiger partial charge in [-0.3, -0.25) is 14.6 Å². The van der Waals surface area contributed by atoms with E-state index in [4.69, 9.17) is 5.11 Å². The molecule has 0 aromatic heterocycles. The van der Waals surface area contributed by atoms with E-state index in [1.54, 1.807) is 12.1 Å². The molecule has 1 aliphatic heterocycles. The second-order valence-electron chi connectivity index (χ2n) is 6.55. The topological polar surface area (TPSA) is 53.0 Å². The van der Waals surface area contributed by atoms with E-state index in [0.717, 1.165) is 37.9 Å². The molecular weight excluding hydrogens is 366 g/mol. The number of ether oxygens (including phenoxy) is 1. The smallest absolute Gasteiger partial charge is 0.387 e. The van der Waals surface area contributed by atoms with Gasteiger partial charge in [-0.15, -0.1) is 12.4 Å². The van der Waals surface area contributed by atoms with Gasteiger partial charge in [0.15, 0.2) is 0 Å². The average molecular weight is 393 g/mol. The molecule has 0 aliphatic carbocycles. The van der Waals surface area contributed by atoms with Gasteiger partial charge in [-0.05, 0) is 57.5 Å². The van der Waals surface area contributed by atoms with Crippen LogP contribution in [-0.2, 0) is 4.79 Å². The maximum absolute atomic E-state index is 12.2. The quantitative estimate of drug-likeness (QED) is 0.767. The molecule has 0 spiro atoms. The van der Waals surface area contributed by atoms with E-state index in [2.05, 4.69) is 16.6 Å². The van der Waals surface area contributed by atoms with E-state index >= 15 is 0 Å². The number of hydrogen-bond acceptors (Lipinski definition) is 4. The largest absolute Gasteiger partial charge is 0.480 e. The van der Waals surface area contributed by atoms with Gasteiger partial charge in [0, 0.05) is 18.6 Å². The van der Waals surface area contributed by atoms with Crippen molar-refractivity contribution >= 4 is 18.4 Å². The van der Waals surface area contributed by atoms with Gasteiger partial charge in [0.1, 0.15) is 5.75 Å². The van der Waals surface area contributed by atoms with Crippen LogP contribution < -0.4 is 4.74 Å². The fourth-order valence-corrected chi connectivity index (χ4v) is 3.41. The number of alkyl halides is 2. The molecule has 1 fully saturated rings. The Hall–Kier alpha value is -1.44. The monoisotopic (exact) mass is 392 g/mol. The molecule has 1 heterocycles. The molecule has 2 rings (SSSR count). The van der Waals surface area contributed by atoms with E-state index in [9.17, 15) is 13.6 Å². The molecule has 0 bridgehead atoms. The highest BCUT2D eigenvalue weighted by Gasteiger charge is 2.24. The Morgan fingerprint density at radius 1 is 1.31 bits per heavy atom. The van der Waals surface area contributed by atoms with Crippen molar-refractivity contribution in [3.05, 3.63) is 29.8 Å². The summed E-state index contributed by atoms with van der Waals surface area (Å²) in [6.45, 7) is 1.17. The van der Waals surface area contributed by atoms with Gasteiger partial charge in [-0.1, -0.05) is 12.1 Å². The van der Waals surface area contributed by atoms with E-state index in [-0.39, 0.29) is 36.8 Å². The summed E-state index contributed by atoms with van der Waals surface area (Å²) in [4.78, 5) is 15.1. The lowest BCUT2D eigenvalue weighted by Crippen LogP contribution is -2.36. The Labute approximate surface area is 159 Å². The van der Waals surface area contributed by atoms with Crippen molar-refractivity contribution < 1.29 is 23.4 Å². The Morgan fingerprint density at radius 3 is 2.54 bits per heavy atom. The van der Waals surface area contributed by atoms with Crippen LogP contribution in [-0.4, -0.2) is 60.2 Å². The number of likely N-dealkylation sites (tertiary alicyclic amines) is 1. The van der Waals surface area contributed by atoms with Gasteiger partial charge in [-0.25, -0.2) is 0 Å². The van der Waals surface area contributed by atoms with Gasteiger partial charge in [0.25, 0.3) is 0 Å². The molecule has 8 heteroatoms. The molecule has 148 valence electrons. The van der Waals surface area contributed by atoms with Crippen LogP contribution in [0.2, 0.25) is 0 Å². The highest BCUT2D eigenvalue weighted by molar-refractivity contribution is 5.85. The highest BCUT2D eigenvalue weighted by Crippen LogP contribution is 2.26. The molecule has 0 amide bonds. The van der Waals surface area contributed by atoms with E-state index in [1.165, 1.54) is 0 Å². The lowest BCUT2D eigenvalue weighted by Gasteiger charge is -2.29. The first-order valence-corrected chi connectivity index (χ1v) is 8.57. The third-order valence-corrected chi connectivity index (χ3v) is 4.88. The lowest BCUT2D eigenvalue weighted by molar-refractivity contribution is -0.138. The van der Waals surface area contributed by atoms with Crippen molar-refractivity contribution in [2.75, 3.05) is 26.7 Å². The summed E-state index contributed by atoms with van der Waals surface area (Å²) in [7, 11) is 1.86. The van der Waals surface area contributed by atoms with Crippen LogP contribution in [0.1, 0.15) is 37.8 Å². The van der Waals surface area contributed by atoms with Gasteiger partial charge >= 0.3 is 12.6 Å². The van der Waals surface area contributed by atoms with Crippen LogP contribution in [0.25, 0.3) is 0 Å². The molecular formula is C18H27ClF2N2O3. The summed E-state index contributed by atoms with van der Waals surface area (Å²) in [6, 6.07) is 7.22. The molecule has 0 radical (unpaired) electrons. The van der Waals surface area contributed by atoms with Crippen LogP contribution in [0.15, 0.2) is 24.3 Å². The fourth-order valence-electron chi connectivity index (χ4n) is 3.41. The van der Waals surface area contributed by atoms with Gasteiger partial charge in [0.2, 0.25) is 0 Å². The summed E-state index contributed by atoms with van der Waals surface area (Å²) in [5, 5.41) is 8.94. The van der Waals surface area contributed by atoms with Crippen molar-refractivity contribution in [1.29, 1.82) is 0 Å². The van der Waals surface area contributed by atoms with Crippen LogP contribution in [0.4, 0.5) is 8.78 Å². The Balaban J connectivity index is 0.00000338. The van der Waals surface area contributed by atoms with Gasteiger partial charge in [-0.2, -0.15) is 8.78 Å². The summed E-state index contributed by atoms with van der Waals surface area (Å²) >= 11 is 0. The standard InChI is InChI=1S/C18H26F2N2O3.ClH/c1-13(14-5-7-16(8-6-14)25-18(19)20)22-10-3-4-15(9-11-22)21(2)12-17(23)24;/h5-8,13,15,18H,3-4,9-12H2,1-2H3,(H,23,24);1H. The van der Waals surface area contributed by atoms with E-state index in [0.29, 0.717) is 0 Å². The molecule has 2 unspecified atom stereocenters. The number of likely N-dealkylation sites (N-methyl/N-ethyl adjacent to an activating group) is 1. The molecule has 0 saturated carbocycles. The van der Waals surface area contributed by atoms with Crippen molar-refractivity contribution in [2.45, 2.75) is 44.9 Å². The first-order chi connectivity index (χ1) is 11.9. The fraction of sp³-hybridized carbons (Fsp3) is 0.611. The molecule has 26 heavy (non-hydrogen) atoms. The predicted octanol–water partition coefficient (Wildman–Crippen LogP) is 3.64. The third-order valence-electron chi connectivity index (χ3n) is 4.88. The molecule has 1 saturated heterocycles. The Bertz CT molecular complexity index is 560. The number of carboxylic acids is 1. The molecule has 1 aliphatic rings. The average Bonchev–Trinajstić information content (AvgIpc) is 2.80. The minimum atomic E-state index is -2.81. The minimum absolute atomic E-state index is 0. The molecule has 1 aromatic carbocycles. The van der Waals surface area contributed by atoms with Gasteiger partial charge < -0.3 is 9.84 Å².